The summed E-state index contributed by atoms with van der Waals surface area (Å²) in [6.07, 6.45) is 4.48. The number of hydrogen-bond donors (Lipinski definition) is 2. The molecule has 2 heterocycles. The van der Waals surface area contributed by atoms with Gasteiger partial charge in [0.2, 0.25) is 0 Å². The molecule has 0 unspecified atom stereocenters. The summed E-state index contributed by atoms with van der Waals surface area (Å²) in [5.41, 5.74) is 14.4. The molecule has 0 atom stereocenters. The highest BCUT2D eigenvalue weighted by molar-refractivity contribution is 6.14. The topological polar surface area (TPSA) is 31.6 Å². The van der Waals surface area contributed by atoms with Gasteiger partial charge in [-0.3, -0.25) is 0 Å². The van der Waals surface area contributed by atoms with Crippen LogP contribution in [0.5, 0.6) is 0 Å². The number of hydrogen-bond acceptors (Lipinski definition) is 0. The second-order valence-corrected chi connectivity index (χ2v) is 8.96. The Morgan fingerprint density at radius 2 is 0.967 bits per heavy atom. The molecule has 2 aromatic heterocycles. The summed E-state index contributed by atoms with van der Waals surface area (Å²) in [6.45, 7) is 0. The fraction of sp³-hybridized carbons (Fsp3) is 0.143. The van der Waals surface area contributed by atoms with Gasteiger partial charge in [0.05, 0.1) is 11.0 Å². The number of rotatable bonds is 0. The predicted molar refractivity (Wildman–Crippen MR) is 125 cm³/mol. The van der Waals surface area contributed by atoms with Crippen LogP contribution in [0, 0.1) is 0 Å². The highest BCUT2D eigenvalue weighted by atomic mass is 14.7. The second kappa shape index (κ2) is 5.14. The van der Waals surface area contributed by atoms with E-state index in [0.717, 1.165) is 25.7 Å². The maximum atomic E-state index is 3.76. The van der Waals surface area contributed by atoms with Crippen molar-refractivity contribution in [1.29, 1.82) is 0 Å². The Balaban J connectivity index is 1.54. The van der Waals surface area contributed by atoms with Crippen LogP contribution in [-0.4, -0.2) is 9.97 Å². The minimum atomic E-state index is 1.12. The highest BCUT2D eigenvalue weighted by Gasteiger charge is 2.30. The first-order valence-electron chi connectivity index (χ1n) is 11.0. The van der Waals surface area contributed by atoms with Gasteiger partial charge in [-0.15, -0.1) is 0 Å². The van der Waals surface area contributed by atoms with Gasteiger partial charge in [-0.05, 0) is 83.3 Å². The largest absolute Gasteiger partial charge is 0.354 e. The van der Waals surface area contributed by atoms with Crippen LogP contribution in [-0.2, 0) is 25.7 Å². The van der Waals surface area contributed by atoms with Crippen LogP contribution >= 0.6 is 0 Å². The van der Waals surface area contributed by atoms with Crippen LogP contribution < -0.4 is 0 Å². The molecule has 8 rings (SSSR count). The molecule has 0 radical (unpaired) electrons. The summed E-state index contributed by atoms with van der Waals surface area (Å²) in [5.74, 6) is 0. The lowest BCUT2D eigenvalue weighted by molar-refractivity contribution is 0.888. The van der Waals surface area contributed by atoms with Crippen molar-refractivity contribution in [2.45, 2.75) is 25.7 Å². The lowest BCUT2D eigenvalue weighted by Crippen LogP contribution is -2.15. The summed E-state index contributed by atoms with van der Waals surface area (Å²) < 4.78 is 0. The number of aromatic amines is 2. The monoisotopic (exact) mass is 384 g/mol. The van der Waals surface area contributed by atoms with Crippen molar-refractivity contribution in [2.24, 2.45) is 0 Å². The quantitative estimate of drug-likeness (QED) is 0.288. The van der Waals surface area contributed by atoms with Gasteiger partial charge < -0.3 is 9.97 Å². The van der Waals surface area contributed by atoms with Gasteiger partial charge in [-0.25, -0.2) is 0 Å². The first kappa shape index (κ1) is 15.3. The van der Waals surface area contributed by atoms with Crippen molar-refractivity contribution in [2.75, 3.05) is 0 Å². The second-order valence-electron chi connectivity index (χ2n) is 8.96. The van der Waals surface area contributed by atoms with Crippen molar-refractivity contribution >= 4 is 43.6 Å². The van der Waals surface area contributed by atoms with Crippen molar-refractivity contribution < 1.29 is 0 Å². The number of aryl methyl sites for hydroxylation is 4. The average molecular weight is 384 g/mol. The maximum Gasteiger partial charge on any atom is 0.0503 e. The zero-order valence-electron chi connectivity index (χ0n) is 16.6. The number of fused-ring (bicyclic) bond motifs is 8. The van der Waals surface area contributed by atoms with Crippen molar-refractivity contribution in [3.05, 3.63) is 82.9 Å². The van der Waals surface area contributed by atoms with E-state index in [0.29, 0.717) is 0 Å². The molecule has 2 nitrogen and oxygen atoms in total. The van der Waals surface area contributed by atoms with Gasteiger partial charge in [-0.2, -0.15) is 0 Å². The normalized spacial score (nSPS) is 14.8. The number of benzene rings is 4. The van der Waals surface area contributed by atoms with Crippen LogP contribution in [0.2, 0.25) is 0 Å². The van der Waals surface area contributed by atoms with Crippen molar-refractivity contribution in [1.82, 2.24) is 9.97 Å². The molecule has 0 spiro atoms. The Morgan fingerprint density at radius 1 is 0.500 bits per heavy atom. The average Bonchev–Trinajstić information content (AvgIpc) is 3.35. The lowest BCUT2D eigenvalue weighted by atomic mass is 9.74. The molecule has 2 aliphatic carbocycles. The SMILES string of the molecule is c1ccc2c(c1)[nH]c1c3c4c(cc12)CCc1c-4c(cc2c1[nH]c1ccccc12)CC3. The maximum absolute atomic E-state index is 3.76. The van der Waals surface area contributed by atoms with Gasteiger partial charge >= 0.3 is 0 Å². The Hall–Kier alpha value is -3.52. The van der Waals surface area contributed by atoms with Crippen molar-refractivity contribution in [3.8, 4) is 11.1 Å². The molecule has 30 heavy (non-hydrogen) atoms. The van der Waals surface area contributed by atoms with E-state index in [9.17, 15) is 0 Å². The summed E-state index contributed by atoms with van der Waals surface area (Å²) in [4.78, 5) is 7.52. The number of H-pyrrole nitrogens is 2. The van der Waals surface area contributed by atoms with Gasteiger partial charge in [0, 0.05) is 32.6 Å². The Kier molecular flexibility index (Phi) is 2.63. The molecule has 2 aliphatic rings. The van der Waals surface area contributed by atoms with E-state index >= 15 is 0 Å². The smallest absolute Gasteiger partial charge is 0.0503 e. The molecule has 0 saturated carbocycles. The van der Waals surface area contributed by atoms with E-state index in [2.05, 4.69) is 70.6 Å². The third-order valence-electron chi connectivity index (χ3n) is 7.52. The van der Waals surface area contributed by atoms with E-state index in [1.54, 1.807) is 0 Å². The third kappa shape index (κ3) is 1.72. The first-order valence-corrected chi connectivity index (χ1v) is 11.0. The molecule has 0 fully saturated rings. The molecule has 6 aromatic rings. The first-order chi connectivity index (χ1) is 14.9. The van der Waals surface area contributed by atoms with E-state index < -0.39 is 0 Å². The highest BCUT2D eigenvalue weighted by Crippen LogP contribution is 2.48. The predicted octanol–water partition coefficient (Wildman–Crippen LogP) is 6.82. The molecule has 4 aromatic carbocycles. The summed E-state index contributed by atoms with van der Waals surface area (Å²) >= 11 is 0. The number of nitrogens with one attached hydrogen (secondary N) is 2. The lowest BCUT2D eigenvalue weighted by Gasteiger charge is -2.30. The summed E-state index contributed by atoms with van der Waals surface area (Å²) in [6, 6.07) is 22.4. The number of aromatic nitrogens is 2. The van der Waals surface area contributed by atoms with E-state index in [-0.39, 0.29) is 0 Å². The molecular weight excluding hydrogens is 364 g/mol. The van der Waals surface area contributed by atoms with Gasteiger partial charge in [-0.1, -0.05) is 36.4 Å². The Morgan fingerprint density at radius 3 is 1.47 bits per heavy atom. The summed E-state index contributed by atoms with van der Waals surface area (Å²) in [5, 5.41) is 5.51. The zero-order chi connectivity index (χ0) is 19.4. The fourth-order valence-electron chi connectivity index (χ4n) is 6.27. The zero-order valence-corrected chi connectivity index (χ0v) is 16.6. The molecule has 0 bridgehead atoms. The molecule has 0 aliphatic heterocycles. The van der Waals surface area contributed by atoms with Gasteiger partial charge in [0.1, 0.15) is 0 Å². The van der Waals surface area contributed by atoms with E-state index in [1.807, 2.05) is 0 Å². The Labute approximate surface area is 173 Å². The fourth-order valence-corrected chi connectivity index (χ4v) is 6.27. The molecular formula is C28H20N2. The molecule has 0 amide bonds. The van der Waals surface area contributed by atoms with Crippen LogP contribution in [0.15, 0.2) is 60.7 Å². The third-order valence-corrected chi connectivity index (χ3v) is 7.52. The van der Waals surface area contributed by atoms with E-state index in [4.69, 9.17) is 0 Å². The minimum Gasteiger partial charge on any atom is -0.354 e. The molecule has 0 saturated heterocycles. The van der Waals surface area contributed by atoms with Crippen LogP contribution in [0.1, 0.15) is 22.3 Å². The van der Waals surface area contributed by atoms with Gasteiger partial charge in [0.25, 0.3) is 0 Å². The van der Waals surface area contributed by atoms with Crippen LogP contribution in [0.4, 0.5) is 0 Å². The van der Waals surface area contributed by atoms with Crippen LogP contribution in [0.3, 0.4) is 0 Å². The molecule has 142 valence electrons. The van der Waals surface area contributed by atoms with Gasteiger partial charge in [0.15, 0.2) is 0 Å². The minimum absolute atomic E-state index is 1.12. The van der Waals surface area contributed by atoms with E-state index in [1.165, 1.54) is 77.0 Å². The summed E-state index contributed by atoms with van der Waals surface area (Å²) in [7, 11) is 0. The van der Waals surface area contributed by atoms with Crippen LogP contribution in [0.25, 0.3) is 54.7 Å². The molecule has 2 heteroatoms. The Bertz CT molecular complexity index is 1570. The van der Waals surface area contributed by atoms with Crippen molar-refractivity contribution in [3.63, 3.8) is 0 Å². The standard InChI is InChI=1S/C28H20N2/c1-3-7-23-17(5-1)21-13-15-9-12-20-26-16(10-11-19(25(15)26)27(21)29-23)14-22-18-6-2-4-8-24(18)30-28(20)22/h1-8,13-14,29-30H,9-12H2. The molecule has 2 N–H and O–H groups in total. The number of para-hydroxylation sites is 2.